The van der Waals surface area contributed by atoms with Gasteiger partial charge in [0, 0.05) is 20.3 Å². The van der Waals surface area contributed by atoms with Crippen molar-refractivity contribution in [3.05, 3.63) is 17.6 Å². The van der Waals surface area contributed by atoms with Crippen LogP contribution in [0.2, 0.25) is 0 Å². The summed E-state index contributed by atoms with van der Waals surface area (Å²) in [5.41, 5.74) is 0.454. The second kappa shape index (κ2) is 3.84. The third kappa shape index (κ3) is 1.93. The molecule has 0 atom stereocenters. The SMILES string of the molecule is CNC(=O)c1cnc(C)nc1NC. The number of carbonyl (C=O) groups excluding carboxylic acids is 1. The molecule has 13 heavy (non-hydrogen) atoms. The van der Waals surface area contributed by atoms with E-state index in [1.807, 2.05) is 0 Å². The van der Waals surface area contributed by atoms with Crippen LogP contribution in [-0.2, 0) is 0 Å². The van der Waals surface area contributed by atoms with Crippen molar-refractivity contribution < 1.29 is 4.79 Å². The minimum Gasteiger partial charge on any atom is -0.372 e. The molecule has 5 nitrogen and oxygen atoms in total. The maximum atomic E-state index is 11.3. The van der Waals surface area contributed by atoms with Crippen molar-refractivity contribution in [2.24, 2.45) is 0 Å². The summed E-state index contributed by atoms with van der Waals surface area (Å²) >= 11 is 0. The summed E-state index contributed by atoms with van der Waals surface area (Å²) < 4.78 is 0. The molecule has 0 unspecified atom stereocenters. The third-order valence-electron chi connectivity index (χ3n) is 1.62. The molecule has 0 saturated carbocycles. The number of nitrogens with zero attached hydrogens (tertiary/aromatic N) is 2. The number of anilines is 1. The largest absolute Gasteiger partial charge is 0.372 e. The zero-order valence-corrected chi connectivity index (χ0v) is 7.88. The lowest BCUT2D eigenvalue weighted by Crippen LogP contribution is -2.20. The van der Waals surface area contributed by atoms with Gasteiger partial charge < -0.3 is 10.6 Å². The highest BCUT2D eigenvalue weighted by Crippen LogP contribution is 2.09. The first kappa shape index (κ1) is 9.44. The quantitative estimate of drug-likeness (QED) is 0.681. The highest BCUT2D eigenvalue weighted by atomic mass is 16.1. The topological polar surface area (TPSA) is 66.9 Å². The number of aromatic nitrogens is 2. The Bertz CT molecular complexity index is 324. The zero-order valence-electron chi connectivity index (χ0n) is 7.88. The van der Waals surface area contributed by atoms with Crippen LogP contribution in [0.1, 0.15) is 16.2 Å². The number of hydrogen-bond donors (Lipinski definition) is 2. The molecule has 70 valence electrons. The summed E-state index contributed by atoms with van der Waals surface area (Å²) in [4.78, 5) is 19.3. The molecule has 0 aliphatic heterocycles. The standard InChI is InChI=1S/C8H12N4O/c1-5-11-4-6(8(13)10-3)7(9-2)12-5/h4H,1-3H3,(H,10,13)(H,9,11,12). The lowest BCUT2D eigenvalue weighted by molar-refractivity contribution is 0.0963. The molecule has 0 aromatic carbocycles. The normalized spacial score (nSPS) is 9.46. The number of nitrogens with one attached hydrogen (secondary N) is 2. The molecule has 0 saturated heterocycles. The summed E-state index contributed by atoms with van der Waals surface area (Å²) in [6, 6.07) is 0. The average Bonchev–Trinajstić information content (AvgIpc) is 2.16. The Balaban J connectivity index is 3.13. The highest BCUT2D eigenvalue weighted by Gasteiger charge is 2.10. The molecule has 1 rings (SSSR count). The van der Waals surface area contributed by atoms with Crippen LogP contribution in [0.3, 0.4) is 0 Å². The van der Waals surface area contributed by atoms with Gasteiger partial charge in [-0.15, -0.1) is 0 Å². The molecular weight excluding hydrogens is 168 g/mol. The fourth-order valence-corrected chi connectivity index (χ4v) is 0.961. The Morgan fingerprint density at radius 2 is 2.15 bits per heavy atom. The Morgan fingerprint density at radius 3 is 2.69 bits per heavy atom. The molecule has 0 aliphatic rings. The first-order valence-corrected chi connectivity index (χ1v) is 3.92. The molecule has 1 amide bonds. The Morgan fingerprint density at radius 1 is 1.46 bits per heavy atom. The van der Waals surface area contributed by atoms with Crippen LogP contribution in [0.25, 0.3) is 0 Å². The molecule has 2 N–H and O–H groups in total. The van der Waals surface area contributed by atoms with E-state index in [1.54, 1.807) is 21.0 Å². The first-order chi connectivity index (χ1) is 6.19. The van der Waals surface area contributed by atoms with E-state index in [2.05, 4.69) is 20.6 Å². The van der Waals surface area contributed by atoms with Crippen LogP contribution in [-0.4, -0.2) is 30.0 Å². The van der Waals surface area contributed by atoms with Crippen LogP contribution in [0.15, 0.2) is 6.20 Å². The Hall–Kier alpha value is -1.65. The molecule has 0 fully saturated rings. The van der Waals surface area contributed by atoms with Crippen LogP contribution in [0, 0.1) is 6.92 Å². The fourth-order valence-electron chi connectivity index (χ4n) is 0.961. The second-order valence-corrected chi connectivity index (χ2v) is 2.51. The minimum absolute atomic E-state index is 0.190. The van der Waals surface area contributed by atoms with E-state index < -0.39 is 0 Å². The van der Waals surface area contributed by atoms with Crippen LogP contribution in [0.4, 0.5) is 5.82 Å². The van der Waals surface area contributed by atoms with Crippen LogP contribution in [0.5, 0.6) is 0 Å². The summed E-state index contributed by atoms with van der Waals surface area (Å²) in [6.45, 7) is 1.77. The summed E-state index contributed by atoms with van der Waals surface area (Å²) in [7, 11) is 3.29. The van der Waals surface area contributed by atoms with Gasteiger partial charge in [-0.25, -0.2) is 9.97 Å². The maximum absolute atomic E-state index is 11.3. The van der Waals surface area contributed by atoms with Gasteiger partial charge in [-0.1, -0.05) is 0 Å². The smallest absolute Gasteiger partial charge is 0.256 e. The van der Waals surface area contributed by atoms with E-state index in [0.29, 0.717) is 17.2 Å². The van der Waals surface area contributed by atoms with Gasteiger partial charge in [-0.2, -0.15) is 0 Å². The lowest BCUT2D eigenvalue weighted by atomic mass is 10.3. The van der Waals surface area contributed by atoms with E-state index in [0.717, 1.165) is 0 Å². The summed E-state index contributed by atoms with van der Waals surface area (Å²) in [5, 5.41) is 5.36. The average molecular weight is 180 g/mol. The number of carbonyl (C=O) groups is 1. The highest BCUT2D eigenvalue weighted by molar-refractivity contribution is 5.98. The van der Waals surface area contributed by atoms with E-state index in [1.165, 1.54) is 6.20 Å². The molecule has 0 spiro atoms. The molecule has 0 radical (unpaired) electrons. The van der Waals surface area contributed by atoms with Gasteiger partial charge in [0.1, 0.15) is 11.6 Å². The van der Waals surface area contributed by atoms with E-state index >= 15 is 0 Å². The third-order valence-corrected chi connectivity index (χ3v) is 1.62. The molecule has 0 bridgehead atoms. The van der Waals surface area contributed by atoms with Crippen molar-refractivity contribution in [1.82, 2.24) is 15.3 Å². The van der Waals surface area contributed by atoms with Gasteiger partial charge in [0.05, 0.1) is 5.56 Å². The molecular formula is C8H12N4O. The zero-order chi connectivity index (χ0) is 9.84. The van der Waals surface area contributed by atoms with E-state index in [9.17, 15) is 4.79 Å². The lowest BCUT2D eigenvalue weighted by Gasteiger charge is -2.06. The number of hydrogen-bond acceptors (Lipinski definition) is 4. The monoisotopic (exact) mass is 180 g/mol. The predicted molar refractivity (Wildman–Crippen MR) is 49.7 cm³/mol. The predicted octanol–water partition coefficient (Wildman–Crippen LogP) is 0.186. The van der Waals surface area contributed by atoms with Gasteiger partial charge in [0.25, 0.3) is 5.91 Å². The van der Waals surface area contributed by atoms with Crippen molar-refractivity contribution in [1.29, 1.82) is 0 Å². The van der Waals surface area contributed by atoms with Crippen molar-refractivity contribution >= 4 is 11.7 Å². The fraction of sp³-hybridized carbons (Fsp3) is 0.375. The van der Waals surface area contributed by atoms with E-state index in [-0.39, 0.29) is 5.91 Å². The van der Waals surface area contributed by atoms with Crippen molar-refractivity contribution in [3.63, 3.8) is 0 Å². The first-order valence-electron chi connectivity index (χ1n) is 3.92. The second-order valence-electron chi connectivity index (χ2n) is 2.51. The number of aryl methyl sites for hydroxylation is 1. The van der Waals surface area contributed by atoms with Crippen molar-refractivity contribution in [3.8, 4) is 0 Å². The van der Waals surface area contributed by atoms with Gasteiger partial charge in [0.2, 0.25) is 0 Å². The molecule has 1 heterocycles. The minimum atomic E-state index is -0.190. The van der Waals surface area contributed by atoms with Gasteiger partial charge in [-0.3, -0.25) is 4.79 Å². The van der Waals surface area contributed by atoms with Gasteiger partial charge in [-0.05, 0) is 6.92 Å². The summed E-state index contributed by atoms with van der Waals surface area (Å²) in [6.07, 6.45) is 1.51. The van der Waals surface area contributed by atoms with Gasteiger partial charge >= 0.3 is 0 Å². The number of rotatable bonds is 2. The van der Waals surface area contributed by atoms with E-state index in [4.69, 9.17) is 0 Å². The van der Waals surface area contributed by atoms with Crippen LogP contribution >= 0.6 is 0 Å². The van der Waals surface area contributed by atoms with Crippen molar-refractivity contribution in [2.45, 2.75) is 6.92 Å². The van der Waals surface area contributed by atoms with Crippen molar-refractivity contribution in [2.75, 3.05) is 19.4 Å². The molecule has 5 heteroatoms. The Kier molecular flexibility index (Phi) is 2.79. The molecule has 0 aliphatic carbocycles. The number of amides is 1. The maximum Gasteiger partial charge on any atom is 0.256 e. The Labute approximate surface area is 76.6 Å². The summed E-state index contributed by atoms with van der Waals surface area (Å²) in [5.74, 6) is 0.994. The molecule has 1 aromatic heterocycles. The van der Waals surface area contributed by atoms with Gasteiger partial charge in [0.15, 0.2) is 0 Å². The van der Waals surface area contributed by atoms with Crippen LogP contribution < -0.4 is 10.6 Å². The molecule has 1 aromatic rings.